The summed E-state index contributed by atoms with van der Waals surface area (Å²) in [6, 6.07) is 7.25. The van der Waals surface area contributed by atoms with Gasteiger partial charge in [0, 0.05) is 11.1 Å². The van der Waals surface area contributed by atoms with E-state index in [1.807, 2.05) is 24.3 Å². The molecule has 1 aromatic rings. The molecule has 1 fully saturated rings. The van der Waals surface area contributed by atoms with Crippen molar-refractivity contribution in [2.24, 2.45) is 5.73 Å². The number of ether oxygens (including phenoxy) is 1. The number of aliphatic hydroxyl groups is 1. The molecule has 3 nitrogen and oxygen atoms in total. The van der Waals surface area contributed by atoms with Gasteiger partial charge in [0.25, 0.3) is 0 Å². The second-order valence-electron chi connectivity index (χ2n) is 3.92. The Kier molecular flexibility index (Phi) is 2.98. The first-order valence-electron chi connectivity index (χ1n) is 4.90. The fraction of sp³-hybridized carbons (Fsp3) is 0.455. The van der Waals surface area contributed by atoms with Crippen LogP contribution in [0.15, 0.2) is 24.3 Å². The second-order valence-corrected chi connectivity index (χ2v) is 4.33. The van der Waals surface area contributed by atoms with E-state index in [2.05, 4.69) is 0 Å². The van der Waals surface area contributed by atoms with Gasteiger partial charge in [-0.1, -0.05) is 29.8 Å². The largest absolute Gasteiger partial charge is 0.395 e. The van der Waals surface area contributed by atoms with Crippen molar-refractivity contribution in [1.82, 2.24) is 0 Å². The van der Waals surface area contributed by atoms with Crippen LogP contribution in [0.4, 0.5) is 0 Å². The third kappa shape index (κ3) is 1.66. The van der Waals surface area contributed by atoms with E-state index >= 15 is 0 Å². The van der Waals surface area contributed by atoms with Gasteiger partial charge in [0.05, 0.1) is 25.2 Å². The molecule has 15 heavy (non-hydrogen) atoms. The molecular formula is C11H14ClNO2. The number of rotatable bonds is 3. The predicted molar refractivity (Wildman–Crippen MR) is 59.0 cm³/mol. The van der Waals surface area contributed by atoms with Gasteiger partial charge >= 0.3 is 0 Å². The number of benzene rings is 1. The van der Waals surface area contributed by atoms with Crippen molar-refractivity contribution in [2.75, 3.05) is 19.8 Å². The maximum atomic E-state index is 9.16. The summed E-state index contributed by atoms with van der Waals surface area (Å²) < 4.78 is 5.22. The van der Waals surface area contributed by atoms with Crippen molar-refractivity contribution >= 4 is 11.6 Å². The molecule has 1 saturated heterocycles. The first-order valence-corrected chi connectivity index (χ1v) is 5.28. The third-order valence-corrected chi connectivity index (χ3v) is 3.37. The van der Waals surface area contributed by atoms with Crippen LogP contribution >= 0.6 is 11.6 Å². The van der Waals surface area contributed by atoms with Crippen molar-refractivity contribution in [3.05, 3.63) is 34.9 Å². The number of aliphatic hydroxyl groups excluding tert-OH is 1. The zero-order valence-electron chi connectivity index (χ0n) is 8.32. The van der Waals surface area contributed by atoms with Crippen LogP contribution in [-0.4, -0.2) is 31.0 Å². The van der Waals surface area contributed by atoms with E-state index in [1.54, 1.807) is 0 Å². The Hall–Kier alpha value is -0.610. The smallest absolute Gasteiger partial charge is 0.0608 e. The molecule has 0 amide bonds. The zero-order valence-corrected chi connectivity index (χ0v) is 9.07. The summed E-state index contributed by atoms with van der Waals surface area (Å²) in [4.78, 5) is 0. The van der Waals surface area contributed by atoms with Crippen LogP contribution in [0.5, 0.6) is 0 Å². The SMILES string of the molecule is NC(CO)C1(c2ccccc2Cl)COC1. The van der Waals surface area contributed by atoms with E-state index in [9.17, 15) is 0 Å². The Bertz CT molecular complexity index is 352. The molecule has 1 aliphatic rings. The fourth-order valence-electron chi connectivity index (χ4n) is 1.93. The molecule has 0 aromatic heterocycles. The fourth-order valence-corrected chi connectivity index (χ4v) is 2.25. The van der Waals surface area contributed by atoms with Crippen LogP contribution in [0.25, 0.3) is 0 Å². The van der Waals surface area contributed by atoms with Crippen molar-refractivity contribution < 1.29 is 9.84 Å². The summed E-state index contributed by atoms with van der Waals surface area (Å²) in [5.74, 6) is 0. The van der Waals surface area contributed by atoms with Crippen molar-refractivity contribution in [2.45, 2.75) is 11.5 Å². The molecule has 1 aromatic carbocycles. The van der Waals surface area contributed by atoms with Gasteiger partial charge in [0.2, 0.25) is 0 Å². The summed E-state index contributed by atoms with van der Waals surface area (Å²) in [5, 5.41) is 9.85. The molecule has 2 rings (SSSR count). The Morgan fingerprint density at radius 1 is 1.47 bits per heavy atom. The third-order valence-electron chi connectivity index (χ3n) is 3.04. The highest BCUT2D eigenvalue weighted by Gasteiger charge is 2.46. The van der Waals surface area contributed by atoms with Gasteiger partial charge < -0.3 is 15.6 Å². The van der Waals surface area contributed by atoms with Gasteiger partial charge in [0.15, 0.2) is 0 Å². The molecular weight excluding hydrogens is 214 g/mol. The van der Waals surface area contributed by atoms with E-state index in [4.69, 9.17) is 27.2 Å². The van der Waals surface area contributed by atoms with E-state index in [0.29, 0.717) is 18.2 Å². The average Bonchev–Trinajstić information content (AvgIpc) is 2.19. The molecule has 1 aliphatic heterocycles. The summed E-state index contributed by atoms with van der Waals surface area (Å²) in [7, 11) is 0. The number of halogens is 1. The molecule has 1 atom stereocenters. The van der Waals surface area contributed by atoms with Gasteiger partial charge in [-0.2, -0.15) is 0 Å². The molecule has 0 spiro atoms. The highest BCUT2D eigenvalue weighted by atomic mass is 35.5. The summed E-state index contributed by atoms with van der Waals surface area (Å²) >= 11 is 6.13. The molecule has 0 bridgehead atoms. The molecule has 0 aliphatic carbocycles. The minimum atomic E-state index is -0.328. The normalized spacial score (nSPS) is 20.7. The van der Waals surface area contributed by atoms with Crippen molar-refractivity contribution in [3.63, 3.8) is 0 Å². The first kappa shape index (κ1) is 10.9. The molecule has 1 unspecified atom stereocenters. The Balaban J connectivity index is 2.38. The minimum absolute atomic E-state index is 0.0609. The second kappa shape index (κ2) is 4.10. The van der Waals surface area contributed by atoms with E-state index in [0.717, 1.165) is 5.56 Å². The monoisotopic (exact) mass is 227 g/mol. The highest BCUT2D eigenvalue weighted by molar-refractivity contribution is 6.31. The maximum Gasteiger partial charge on any atom is 0.0608 e. The Morgan fingerprint density at radius 3 is 2.60 bits per heavy atom. The Labute approximate surface area is 93.8 Å². The van der Waals surface area contributed by atoms with E-state index < -0.39 is 0 Å². The number of nitrogens with two attached hydrogens (primary N) is 1. The average molecular weight is 228 g/mol. The maximum absolute atomic E-state index is 9.16. The van der Waals surface area contributed by atoms with Crippen LogP contribution < -0.4 is 5.73 Å². The van der Waals surface area contributed by atoms with Gasteiger partial charge in [-0.15, -0.1) is 0 Å². The molecule has 0 saturated carbocycles. The molecule has 3 N–H and O–H groups in total. The lowest BCUT2D eigenvalue weighted by Gasteiger charge is -2.46. The van der Waals surface area contributed by atoms with Crippen LogP contribution in [0.1, 0.15) is 5.56 Å². The Morgan fingerprint density at radius 2 is 2.13 bits per heavy atom. The molecule has 4 heteroatoms. The molecule has 1 heterocycles. The quantitative estimate of drug-likeness (QED) is 0.808. The summed E-state index contributed by atoms with van der Waals surface area (Å²) in [5.41, 5.74) is 6.58. The van der Waals surface area contributed by atoms with Gasteiger partial charge in [-0.25, -0.2) is 0 Å². The summed E-state index contributed by atoms with van der Waals surface area (Å²) in [6.07, 6.45) is 0. The molecule has 0 radical (unpaired) electrons. The first-order chi connectivity index (χ1) is 7.20. The lowest BCUT2D eigenvalue weighted by Crippen LogP contribution is -2.60. The van der Waals surface area contributed by atoms with Gasteiger partial charge in [-0.05, 0) is 11.6 Å². The zero-order chi connectivity index (χ0) is 10.9. The molecule has 82 valence electrons. The van der Waals surface area contributed by atoms with Gasteiger partial charge in [-0.3, -0.25) is 0 Å². The van der Waals surface area contributed by atoms with Crippen LogP contribution in [0, 0.1) is 0 Å². The lowest BCUT2D eigenvalue weighted by molar-refractivity contribution is -0.0797. The highest BCUT2D eigenvalue weighted by Crippen LogP contribution is 2.38. The number of hydrogen-bond acceptors (Lipinski definition) is 3. The lowest BCUT2D eigenvalue weighted by atomic mass is 9.73. The van der Waals surface area contributed by atoms with Gasteiger partial charge in [0.1, 0.15) is 0 Å². The van der Waals surface area contributed by atoms with Crippen molar-refractivity contribution in [3.8, 4) is 0 Å². The van der Waals surface area contributed by atoms with Crippen LogP contribution in [0.2, 0.25) is 5.02 Å². The standard InChI is InChI=1S/C11H14ClNO2/c12-9-4-2-1-3-8(9)11(6-15-7-11)10(13)5-14/h1-4,10,14H,5-7,13H2. The van der Waals surface area contributed by atoms with E-state index in [1.165, 1.54) is 0 Å². The number of hydrogen-bond donors (Lipinski definition) is 2. The summed E-state index contributed by atoms with van der Waals surface area (Å²) in [6.45, 7) is 0.992. The van der Waals surface area contributed by atoms with Crippen LogP contribution in [0.3, 0.4) is 0 Å². The topological polar surface area (TPSA) is 55.5 Å². The van der Waals surface area contributed by atoms with E-state index in [-0.39, 0.29) is 18.1 Å². The van der Waals surface area contributed by atoms with Crippen LogP contribution in [-0.2, 0) is 10.2 Å². The van der Waals surface area contributed by atoms with Crippen molar-refractivity contribution in [1.29, 1.82) is 0 Å². The predicted octanol–water partition coefficient (Wildman–Crippen LogP) is 0.928. The minimum Gasteiger partial charge on any atom is -0.395 e.